The van der Waals surface area contributed by atoms with Crippen LogP contribution in [0, 0.1) is 0 Å². The number of rotatable bonds is 5. The summed E-state index contributed by atoms with van der Waals surface area (Å²) in [7, 11) is 3.04. The summed E-state index contributed by atoms with van der Waals surface area (Å²) >= 11 is 0. The number of methoxy groups -OCH3 is 2. The van der Waals surface area contributed by atoms with Gasteiger partial charge in [-0.1, -0.05) is 30.3 Å². The van der Waals surface area contributed by atoms with Gasteiger partial charge in [-0.25, -0.2) is 0 Å². The first-order chi connectivity index (χ1) is 7.10. The first-order valence-corrected chi connectivity index (χ1v) is 4.92. The van der Waals surface area contributed by atoms with Crippen molar-refractivity contribution in [1.29, 1.82) is 0 Å². The second kappa shape index (κ2) is 5.26. The van der Waals surface area contributed by atoms with Crippen molar-refractivity contribution in [1.82, 2.24) is 0 Å². The highest BCUT2D eigenvalue weighted by Crippen LogP contribution is 2.19. The first kappa shape index (κ1) is 12.2. The molecule has 1 atom stereocenters. The number of benzene rings is 1. The molecule has 0 spiro atoms. The molecule has 0 fully saturated rings. The molecule has 1 aromatic carbocycles. The van der Waals surface area contributed by atoms with E-state index in [9.17, 15) is 5.11 Å². The third kappa shape index (κ3) is 3.30. The fourth-order valence-electron chi connectivity index (χ4n) is 1.70. The van der Waals surface area contributed by atoms with Gasteiger partial charge in [0, 0.05) is 20.6 Å². The molecule has 15 heavy (non-hydrogen) atoms. The van der Waals surface area contributed by atoms with Crippen LogP contribution in [0.1, 0.15) is 12.5 Å². The molecule has 3 nitrogen and oxygen atoms in total. The minimum Gasteiger partial charge on any atom is -0.385 e. The number of aliphatic hydroxyl groups is 1. The van der Waals surface area contributed by atoms with Gasteiger partial charge in [-0.05, 0) is 12.5 Å². The van der Waals surface area contributed by atoms with Gasteiger partial charge in [-0.15, -0.1) is 0 Å². The van der Waals surface area contributed by atoms with Crippen molar-refractivity contribution < 1.29 is 14.6 Å². The topological polar surface area (TPSA) is 38.7 Å². The molecule has 0 aliphatic heterocycles. The minimum atomic E-state index is -1.02. The standard InChI is InChI=1S/C12H18O3/c1-12(13,11(14-2)15-3)9-10-7-5-4-6-8-10/h4-8,11,13H,9H2,1-3H3. The Bertz CT molecular complexity index is 278. The molecule has 0 aromatic heterocycles. The molecule has 1 unspecified atom stereocenters. The maximum atomic E-state index is 10.2. The van der Waals surface area contributed by atoms with Crippen molar-refractivity contribution in [3.05, 3.63) is 35.9 Å². The Morgan fingerprint density at radius 2 is 1.73 bits per heavy atom. The Kier molecular flexibility index (Phi) is 4.27. The van der Waals surface area contributed by atoms with Crippen LogP contribution in [0.2, 0.25) is 0 Å². The third-order valence-electron chi connectivity index (χ3n) is 2.34. The molecular formula is C12H18O3. The van der Waals surface area contributed by atoms with Gasteiger partial charge in [0.15, 0.2) is 6.29 Å². The van der Waals surface area contributed by atoms with Crippen LogP contribution < -0.4 is 0 Å². The number of ether oxygens (including phenoxy) is 2. The molecule has 3 heteroatoms. The average molecular weight is 210 g/mol. The lowest BCUT2D eigenvalue weighted by Gasteiger charge is -2.30. The van der Waals surface area contributed by atoms with Crippen molar-refractivity contribution in [3.63, 3.8) is 0 Å². The molecule has 0 saturated heterocycles. The molecule has 0 bridgehead atoms. The van der Waals surface area contributed by atoms with E-state index in [1.165, 1.54) is 14.2 Å². The summed E-state index contributed by atoms with van der Waals surface area (Å²) in [4.78, 5) is 0. The quantitative estimate of drug-likeness (QED) is 0.750. The van der Waals surface area contributed by atoms with Gasteiger partial charge in [0.25, 0.3) is 0 Å². The van der Waals surface area contributed by atoms with Gasteiger partial charge in [0.05, 0.1) is 0 Å². The van der Waals surface area contributed by atoms with E-state index in [-0.39, 0.29) is 0 Å². The van der Waals surface area contributed by atoms with E-state index in [1.54, 1.807) is 6.92 Å². The zero-order valence-corrected chi connectivity index (χ0v) is 9.43. The van der Waals surface area contributed by atoms with E-state index in [1.807, 2.05) is 30.3 Å². The summed E-state index contributed by atoms with van der Waals surface area (Å²) in [5, 5.41) is 10.2. The van der Waals surface area contributed by atoms with E-state index in [0.29, 0.717) is 6.42 Å². The fraction of sp³-hybridized carbons (Fsp3) is 0.500. The average Bonchev–Trinajstić information content (AvgIpc) is 2.19. The number of hydrogen-bond donors (Lipinski definition) is 1. The molecule has 1 N–H and O–H groups in total. The van der Waals surface area contributed by atoms with Gasteiger partial charge >= 0.3 is 0 Å². The lowest BCUT2D eigenvalue weighted by molar-refractivity contribution is -0.207. The maximum absolute atomic E-state index is 10.2. The Morgan fingerprint density at radius 3 is 2.20 bits per heavy atom. The summed E-state index contributed by atoms with van der Waals surface area (Å²) in [6, 6.07) is 9.77. The lowest BCUT2D eigenvalue weighted by atomic mass is 9.96. The van der Waals surface area contributed by atoms with Gasteiger partial charge < -0.3 is 14.6 Å². The molecule has 0 amide bonds. The van der Waals surface area contributed by atoms with Crippen LogP contribution in [-0.4, -0.2) is 31.2 Å². The van der Waals surface area contributed by atoms with Crippen molar-refractivity contribution in [2.75, 3.05) is 14.2 Å². The van der Waals surface area contributed by atoms with Crippen molar-refractivity contribution in [2.45, 2.75) is 25.2 Å². The maximum Gasteiger partial charge on any atom is 0.185 e. The van der Waals surface area contributed by atoms with Crippen molar-refractivity contribution in [2.24, 2.45) is 0 Å². The third-order valence-corrected chi connectivity index (χ3v) is 2.34. The predicted octanol–water partition coefficient (Wildman–Crippen LogP) is 1.60. The van der Waals surface area contributed by atoms with E-state index in [2.05, 4.69) is 0 Å². The fourth-order valence-corrected chi connectivity index (χ4v) is 1.70. The van der Waals surface area contributed by atoms with Crippen LogP contribution in [-0.2, 0) is 15.9 Å². The smallest absolute Gasteiger partial charge is 0.185 e. The van der Waals surface area contributed by atoms with Gasteiger partial charge in [-0.3, -0.25) is 0 Å². The molecular weight excluding hydrogens is 192 g/mol. The summed E-state index contributed by atoms with van der Waals surface area (Å²) in [6.45, 7) is 1.71. The van der Waals surface area contributed by atoms with Crippen molar-refractivity contribution >= 4 is 0 Å². The molecule has 0 saturated carbocycles. The Morgan fingerprint density at radius 1 is 1.20 bits per heavy atom. The summed E-state index contributed by atoms with van der Waals surface area (Å²) in [5.41, 5.74) is 0.0341. The molecule has 0 radical (unpaired) electrons. The largest absolute Gasteiger partial charge is 0.385 e. The highest BCUT2D eigenvalue weighted by Gasteiger charge is 2.32. The molecule has 0 aliphatic carbocycles. The van der Waals surface area contributed by atoms with Crippen molar-refractivity contribution in [3.8, 4) is 0 Å². The monoisotopic (exact) mass is 210 g/mol. The summed E-state index contributed by atoms with van der Waals surface area (Å²) in [6.07, 6.45) is -0.113. The zero-order chi connectivity index (χ0) is 11.3. The van der Waals surface area contributed by atoms with E-state index in [4.69, 9.17) is 9.47 Å². The SMILES string of the molecule is COC(OC)C(C)(O)Cc1ccccc1. The van der Waals surface area contributed by atoms with Crippen LogP contribution in [0.5, 0.6) is 0 Å². The molecule has 0 aliphatic rings. The molecule has 84 valence electrons. The second-order valence-electron chi connectivity index (χ2n) is 3.82. The number of hydrogen-bond acceptors (Lipinski definition) is 3. The van der Waals surface area contributed by atoms with Crippen LogP contribution >= 0.6 is 0 Å². The van der Waals surface area contributed by atoms with Gasteiger partial charge in [0.1, 0.15) is 5.60 Å². The van der Waals surface area contributed by atoms with Crippen LogP contribution in [0.15, 0.2) is 30.3 Å². The highest BCUT2D eigenvalue weighted by molar-refractivity contribution is 5.17. The molecule has 0 heterocycles. The zero-order valence-electron chi connectivity index (χ0n) is 9.43. The summed E-state index contributed by atoms with van der Waals surface area (Å²) < 4.78 is 10.1. The van der Waals surface area contributed by atoms with E-state index < -0.39 is 11.9 Å². The van der Waals surface area contributed by atoms with Gasteiger partial charge in [0.2, 0.25) is 0 Å². The van der Waals surface area contributed by atoms with Gasteiger partial charge in [-0.2, -0.15) is 0 Å². The van der Waals surface area contributed by atoms with Crippen LogP contribution in [0.3, 0.4) is 0 Å². The molecule has 1 aromatic rings. The van der Waals surface area contributed by atoms with Crippen LogP contribution in [0.25, 0.3) is 0 Å². The van der Waals surface area contributed by atoms with Crippen LogP contribution in [0.4, 0.5) is 0 Å². The lowest BCUT2D eigenvalue weighted by Crippen LogP contribution is -2.43. The second-order valence-corrected chi connectivity index (χ2v) is 3.82. The predicted molar refractivity (Wildman–Crippen MR) is 58.6 cm³/mol. The minimum absolute atomic E-state index is 0.500. The highest BCUT2D eigenvalue weighted by atomic mass is 16.7. The molecule has 1 rings (SSSR count). The Hall–Kier alpha value is -0.900. The Balaban J connectivity index is 2.71. The van der Waals surface area contributed by atoms with E-state index >= 15 is 0 Å². The van der Waals surface area contributed by atoms with E-state index in [0.717, 1.165) is 5.56 Å². The summed E-state index contributed by atoms with van der Waals surface area (Å²) in [5.74, 6) is 0. The first-order valence-electron chi connectivity index (χ1n) is 4.92. The normalized spacial score (nSPS) is 15.3. The Labute approximate surface area is 90.6 Å².